The number of guanidine groups is 1. The number of rotatable bonds is 20. The Kier molecular flexibility index (Phi) is 16.8. The summed E-state index contributed by atoms with van der Waals surface area (Å²) in [5.74, 6) is -5.29. The maximum absolute atomic E-state index is 14.2. The summed E-state index contributed by atoms with van der Waals surface area (Å²) in [4.78, 5) is 104. The van der Waals surface area contributed by atoms with E-state index in [9.17, 15) is 43.8 Å². The first kappa shape index (κ1) is 46.9. The summed E-state index contributed by atoms with van der Waals surface area (Å²) in [5.41, 5.74) is 18.4. The van der Waals surface area contributed by atoms with Crippen LogP contribution >= 0.6 is 0 Å². The topological polar surface area (TPSA) is 321 Å². The first-order valence-corrected chi connectivity index (χ1v) is 20.5. The zero-order valence-electron chi connectivity index (χ0n) is 34.7. The van der Waals surface area contributed by atoms with Crippen molar-refractivity contribution < 1.29 is 43.8 Å². The van der Waals surface area contributed by atoms with Gasteiger partial charge in [0.05, 0.1) is 12.1 Å². The van der Waals surface area contributed by atoms with Crippen LogP contribution in [0.25, 0.3) is 10.9 Å². The second-order valence-corrected chi connectivity index (χ2v) is 16.0. The van der Waals surface area contributed by atoms with Crippen molar-refractivity contribution in [2.24, 2.45) is 28.1 Å². The molecule has 0 radical (unpaired) electrons. The molecule has 4 rings (SSSR count). The van der Waals surface area contributed by atoms with E-state index >= 15 is 0 Å². The Morgan fingerprint density at radius 3 is 2.17 bits per heavy atom. The zero-order chi connectivity index (χ0) is 44.3. The second-order valence-electron chi connectivity index (χ2n) is 16.0. The van der Waals surface area contributed by atoms with Crippen LogP contribution in [0.3, 0.4) is 0 Å². The third-order valence-electron chi connectivity index (χ3n) is 10.8. The van der Waals surface area contributed by atoms with Crippen molar-refractivity contribution in [3.05, 3.63) is 36.0 Å². The number of aromatic amines is 1. The Balaban J connectivity index is 1.51. The molecule has 0 saturated carbocycles. The largest absolute Gasteiger partial charge is 0.480 e. The lowest BCUT2D eigenvalue weighted by atomic mass is 10.00. The molecule has 0 spiro atoms. The highest BCUT2D eigenvalue weighted by molar-refractivity contribution is 5.98. The van der Waals surface area contributed by atoms with E-state index in [1.807, 2.05) is 38.1 Å². The fourth-order valence-corrected chi connectivity index (χ4v) is 7.63. The van der Waals surface area contributed by atoms with E-state index in [2.05, 4.69) is 31.2 Å². The number of aliphatic hydroxyl groups excluding tert-OH is 1. The second kappa shape index (κ2) is 21.5. The molecule has 2 aliphatic rings. The molecule has 13 N–H and O–H groups in total. The van der Waals surface area contributed by atoms with Gasteiger partial charge in [-0.25, -0.2) is 0 Å². The molecule has 0 bridgehead atoms. The summed E-state index contributed by atoms with van der Waals surface area (Å²) in [5, 5.41) is 30.8. The number of fused-ring (bicyclic) bond motifs is 1. The number of nitrogens with zero attached hydrogens (tertiary/aromatic N) is 3. The number of aliphatic carboxylic acids is 1. The molecule has 2 fully saturated rings. The van der Waals surface area contributed by atoms with Gasteiger partial charge < -0.3 is 63.5 Å². The number of hydrogen-bond acceptors (Lipinski definition) is 10. The van der Waals surface area contributed by atoms with Gasteiger partial charge in [0.1, 0.15) is 36.3 Å². The summed E-state index contributed by atoms with van der Waals surface area (Å²) in [6.45, 7) is 7.12. The van der Waals surface area contributed by atoms with Crippen LogP contribution in [0.5, 0.6) is 0 Å². The van der Waals surface area contributed by atoms with Gasteiger partial charge >= 0.3 is 5.97 Å². The lowest BCUT2D eigenvalue weighted by Gasteiger charge is -2.33. The van der Waals surface area contributed by atoms with Crippen LogP contribution < -0.4 is 38.5 Å². The molecule has 60 heavy (non-hydrogen) atoms. The molecular formula is C40H61N11O9. The fraction of sp³-hybridized carbons (Fsp3) is 0.600. The number of aromatic nitrogens is 1. The van der Waals surface area contributed by atoms with E-state index in [-0.39, 0.29) is 43.1 Å². The van der Waals surface area contributed by atoms with Crippen LogP contribution in [0, 0.1) is 5.92 Å². The first-order valence-electron chi connectivity index (χ1n) is 20.5. The number of aliphatic hydroxyl groups is 1. The summed E-state index contributed by atoms with van der Waals surface area (Å²) < 4.78 is 0. The van der Waals surface area contributed by atoms with Crippen molar-refractivity contribution in [1.82, 2.24) is 36.1 Å². The van der Waals surface area contributed by atoms with Crippen LogP contribution in [0.15, 0.2) is 35.5 Å². The van der Waals surface area contributed by atoms with Crippen LogP contribution in [0.1, 0.15) is 78.2 Å². The third-order valence-corrected chi connectivity index (χ3v) is 10.8. The number of H-pyrrole nitrogens is 1. The van der Waals surface area contributed by atoms with Crippen molar-refractivity contribution in [3.8, 4) is 0 Å². The van der Waals surface area contributed by atoms with E-state index in [0.717, 1.165) is 10.9 Å². The lowest BCUT2D eigenvalue weighted by molar-refractivity contribution is -0.147. The van der Waals surface area contributed by atoms with Crippen molar-refractivity contribution >= 4 is 58.3 Å². The van der Waals surface area contributed by atoms with Gasteiger partial charge in [-0.15, -0.1) is 0 Å². The number of carboxylic acids is 1. The number of carboxylic acid groups (broad SMARTS) is 1. The smallest absolute Gasteiger partial charge is 0.325 e. The molecule has 330 valence electrons. The number of hydrogen-bond donors (Lipinski definition) is 10. The van der Waals surface area contributed by atoms with Gasteiger partial charge in [-0.1, -0.05) is 32.0 Å². The molecule has 1 aromatic carbocycles. The number of likely N-dealkylation sites (tertiary alicyclic amines) is 2. The van der Waals surface area contributed by atoms with Gasteiger partial charge in [0.25, 0.3) is 0 Å². The minimum absolute atomic E-state index is 0.0603. The first-order chi connectivity index (χ1) is 28.4. The maximum Gasteiger partial charge on any atom is 0.325 e. The normalized spacial score (nSPS) is 19.4. The van der Waals surface area contributed by atoms with E-state index in [1.54, 1.807) is 6.20 Å². The summed E-state index contributed by atoms with van der Waals surface area (Å²) in [6, 6.07) is -0.643. The van der Waals surface area contributed by atoms with E-state index < -0.39 is 78.0 Å². The molecule has 2 aliphatic heterocycles. The quantitative estimate of drug-likeness (QED) is 0.0416. The molecule has 2 aromatic rings. The molecule has 20 nitrogen and oxygen atoms in total. The number of benzene rings is 1. The van der Waals surface area contributed by atoms with Crippen LogP contribution in [-0.2, 0) is 40.0 Å². The molecule has 0 unspecified atom stereocenters. The Morgan fingerprint density at radius 2 is 1.52 bits per heavy atom. The van der Waals surface area contributed by atoms with E-state index in [0.29, 0.717) is 57.2 Å². The van der Waals surface area contributed by atoms with Gasteiger partial charge in [0.15, 0.2) is 5.96 Å². The molecule has 6 amide bonds. The molecule has 2 saturated heterocycles. The highest BCUT2D eigenvalue weighted by atomic mass is 16.4. The van der Waals surface area contributed by atoms with Crippen molar-refractivity contribution in [2.45, 2.75) is 127 Å². The summed E-state index contributed by atoms with van der Waals surface area (Å²) >= 11 is 0. The zero-order valence-corrected chi connectivity index (χ0v) is 34.7. The van der Waals surface area contributed by atoms with Gasteiger partial charge in [-0.2, -0.15) is 0 Å². The van der Waals surface area contributed by atoms with Gasteiger partial charge in [0, 0.05) is 43.2 Å². The van der Waals surface area contributed by atoms with Crippen molar-refractivity contribution in [3.63, 3.8) is 0 Å². The number of nitrogens with two attached hydrogens (primary N) is 3. The minimum Gasteiger partial charge on any atom is -0.480 e. The van der Waals surface area contributed by atoms with Crippen LogP contribution in [-0.4, -0.2) is 140 Å². The number of para-hydroxylation sites is 1. The van der Waals surface area contributed by atoms with E-state index in [4.69, 9.17) is 17.2 Å². The fourth-order valence-electron chi connectivity index (χ4n) is 7.63. The number of aliphatic imine (C=N–C) groups is 1. The summed E-state index contributed by atoms with van der Waals surface area (Å²) in [6.07, 6.45) is 2.96. The van der Waals surface area contributed by atoms with Crippen molar-refractivity contribution in [1.29, 1.82) is 0 Å². The van der Waals surface area contributed by atoms with Gasteiger partial charge in [-0.05, 0) is 76.3 Å². The van der Waals surface area contributed by atoms with Crippen molar-refractivity contribution in [2.75, 3.05) is 19.6 Å². The monoisotopic (exact) mass is 839 g/mol. The van der Waals surface area contributed by atoms with Crippen LogP contribution in [0.2, 0.25) is 0 Å². The van der Waals surface area contributed by atoms with E-state index in [1.165, 1.54) is 23.6 Å². The highest BCUT2D eigenvalue weighted by Crippen LogP contribution is 2.26. The number of carbonyl (C=O) groups is 7. The summed E-state index contributed by atoms with van der Waals surface area (Å²) in [7, 11) is 0. The molecule has 1 aromatic heterocycles. The number of amides is 6. The van der Waals surface area contributed by atoms with Gasteiger partial charge in [0.2, 0.25) is 35.4 Å². The average Bonchev–Trinajstić information content (AvgIpc) is 3.97. The Bertz CT molecular complexity index is 1900. The lowest BCUT2D eigenvalue weighted by Crippen LogP contribution is -2.61. The van der Waals surface area contributed by atoms with Gasteiger partial charge in [-0.3, -0.25) is 38.6 Å². The Morgan fingerprint density at radius 1 is 0.867 bits per heavy atom. The minimum atomic E-state index is -1.57. The third kappa shape index (κ3) is 12.4. The van der Waals surface area contributed by atoms with Crippen LogP contribution in [0.4, 0.5) is 0 Å². The molecule has 3 heterocycles. The predicted molar refractivity (Wildman–Crippen MR) is 222 cm³/mol. The average molecular weight is 840 g/mol. The SMILES string of the molecule is CC(C)C[C@@H](NC(=O)[C@H]1CCCN1C(=O)[C@H]1CCCN1C(=O)[C@H](N)CCCN=C(N)N)C(=O)N[C@H](Cc1c[nH]c2ccccc12)C(=O)N[C@@H](C(=O)N[C@H](C)C(=O)O)[C@H](C)O. The number of carbonyl (C=O) groups excluding carboxylic acids is 6. The molecule has 20 heteroatoms. The Hall–Kier alpha value is -5.76. The molecule has 0 aliphatic carbocycles. The Labute approximate surface area is 348 Å². The highest BCUT2D eigenvalue weighted by Gasteiger charge is 2.44. The molecule has 8 atom stereocenters. The number of nitrogens with one attached hydrogen (secondary N) is 5. The predicted octanol–water partition coefficient (Wildman–Crippen LogP) is -1.46. The standard InChI is InChI=1S/C40H61N11O9/c1-21(2)18-28(48-35(55)30-13-8-16-50(30)38(58)31-14-9-17-51(31)37(57)26(41)11-7-15-44-40(42)43)33(53)47-29(19-24-20-45-27-12-6-5-10-25(24)27)34(54)49-32(23(4)52)36(56)46-22(3)39(59)60/h5-6,10,12,20-23,26,28-32,45,52H,7-9,11,13-19,41H2,1-4H3,(H,46,56)(H,47,53)(H,48,55)(H,49,54)(H,59,60)(H4,42,43,44)/t22-,23+,26-,28-,29-,30-,31-,32-/m1/s1. The maximum atomic E-state index is 14.2. The molecular weight excluding hydrogens is 779 g/mol.